The van der Waals surface area contributed by atoms with Crippen LogP contribution in [-0.4, -0.2) is 52.6 Å². The summed E-state index contributed by atoms with van der Waals surface area (Å²) >= 11 is 0. The van der Waals surface area contributed by atoms with Crippen LogP contribution in [0.2, 0.25) is 0 Å². The smallest absolute Gasteiger partial charge is 0.479 e. The Hall–Kier alpha value is -2.22. The van der Waals surface area contributed by atoms with Gasteiger partial charge in [-0.3, -0.25) is 4.79 Å². The Morgan fingerprint density at radius 2 is 1.94 bits per heavy atom. The number of carboxylic acid groups (broad SMARTS) is 1. The molecule has 0 spiro atoms. The summed E-state index contributed by atoms with van der Waals surface area (Å²) in [7, 11) is 0. The van der Waals surface area contributed by atoms with E-state index in [2.05, 4.69) is 6.92 Å². The van der Waals surface area contributed by atoms with Crippen molar-refractivity contribution in [3.63, 3.8) is 0 Å². The van der Waals surface area contributed by atoms with Crippen molar-refractivity contribution in [2.75, 3.05) is 0 Å². The average molecular weight is 451 g/mol. The zero-order chi connectivity index (χ0) is 23.4. The Morgan fingerprint density at radius 1 is 1.22 bits per heavy atom. The van der Waals surface area contributed by atoms with Crippen molar-refractivity contribution < 1.29 is 38.5 Å². The number of fused-ring (bicyclic) bond motifs is 5. The van der Waals surface area contributed by atoms with Crippen molar-refractivity contribution in [1.82, 2.24) is 0 Å². The summed E-state index contributed by atoms with van der Waals surface area (Å²) in [4.78, 5) is 35.0. The lowest BCUT2D eigenvalue weighted by atomic mass is 9.48. The number of hydrogen-bond acceptors (Lipinski definition) is 6. The van der Waals surface area contributed by atoms with Crippen molar-refractivity contribution in [1.29, 1.82) is 0 Å². The summed E-state index contributed by atoms with van der Waals surface area (Å²) < 4.78 is 25.8. The molecule has 8 heteroatoms. The van der Waals surface area contributed by atoms with Gasteiger partial charge in [0.25, 0.3) is 0 Å². The summed E-state index contributed by atoms with van der Waals surface area (Å²) in [6.07, 6.45) is 2.68. The van der Waals surface area contributed by atoms with E-state index in [9.17, 15) is 19.5 Å². The molecule has 3 fully saturated rings. The highest BCUT2D eigenvalue weighted by molar-refractivity contribution is 6.01. The molecule has 0 aromatic heterocycles. The van der Waals surface area contributed by atoms with E-state index in [1.165, 1.54) is 13.0 Å². The highest BCUT2D eigenvalue weighted by Gasteiger charge is 2.61. The van der Waals surface area contributed by atoms with Crippen molar-refractivity contribution >= 4 is 17.9 Å². The number of carboxylic acids is 1. The molecule has 0 bridgehead atoms. The standard InChI is InChI=1S/C24H31FO7/c1-12(20(27)21(28)29)31-22(30)32-19-5-4-15-14-11-18(25)17-10-13(26)6-8-23(17,2)16(14)7-9-24(15,19)3/h6,8,10,12,14-16,18-20,27H,4-5,7,9,11H2,1-3H3,(H,28,29)/t12?,14-,15-,16-,18-,19+,20?,23+,24-/m0/s1. The molecule has 2 N–H and O–H groups in total. The van der Waals surface area contributed by atoms with Gasteiger partial charge in [0.1, 0.15) is 18.4 Å². The minimum atomic E-state index is -1.83. The van der Waals surface area contributed by atoms with E-state index in [1.54, 1.807) is 6.08 Å². The van der Waals surface area contributed by atoms with Crippen LogP contribution in [0.3, 0.4) is 0 Å². The summed E-state index contributed by atoms with van der Waals surface area (Å²) in [6.45, 7) is 5.40. The Morgan fingerprint density at radius 3 is 2.62 bits per heavy atom. The number of allylic oxidation sites excluding steroid dienone is 4. The summed E-state index contributed by atoms with van der Waals surface area (Å²) in [5.41, 5.74) is -0.215. The first kappa shape index (κ1) is 23.0. The fourth-order valence-electron chi connectivity index (χ4n) is 6.91. The Bertz CT molecular complexity index is 882. The quantitative estimate of drug-likeness (QED) is 0.630. The van der Waals surface area contributed by atoms with Crippen LogP contribution in [0.1, 0.15) is 52.9 Å². The molecule has 32 heavy (non-hydrogen) atoms. The molecule has 0 amide bonds. The van der Waals surface area contributed by atoms with Crippen LogP contribution in [0.4, 0.5) is 9.18 Å². The predicted molar refractivity (Wildman–Crippen MR) is 111 cm³/mol. The second kappa shape index (κ2) is 7.97. The maximum Gasteiger partial charge on any atom is 0.508 e. The molecule has 0 saturated heterocycles. The summed E-state index contributed by atoms with van der Waals surface area (Å²) in [6, 6.07) is 0. The monoisotopic (exact) mass is 450 g/mol. The number of alkyl halides is 1. The van der Waals surface area contributed by atoms with Crippen LogP contribution < -0.4 is 0 Å². The molecule has 176 valence electrons. The number of ketones is 1. The molecule has 0 heterocycles. The normalized spacial score (nSPS) is 42.1. The molecule has 7 nitrogen and oxygen atoms in total. The molecule has 0 aromatic rings. The molecule has 4 aliphatic rings. The highest BCUT2D eigenvalue weighted by Crippen LogP contribution is 2.65. The number of aliphatic carboxylic acids is 1. The van der Waals surface area contributed by atoms with Gasteiger partial charge in [-0.25, -0.2) is 14.0 Å². The molecular weight excluding hydrogens is 419 g/mol. The van der Waals surface area contributed by atoms with Crippen LogP contribution in [0, 0.1) is 28.6 Å². The summed E-state index contributed by atoms with van der Waals surface area (Å²) in [5.74, 6) is -1.13. The third kappa shape index (κ3) is 3.56. The van der Waals surface area contributed by atoms with Gasteiger partial charge in [0.15, 0.2) is 11.9 Å². The second-order valence-corrected chi connectivity index (χ2v) is 10.3. The molecule has 0 aromatic carbocycles. The maximum atomic E-state index is 15.3. The van der Waals surface area contributed by atoms with E-state index in [0.717, 1.165) is 19.3 Å². The number of carbonyl (C=O) groups is 3. The van der Waals surface area contributed by atoms with Crippen LogP contribution in [0.5, 0.6) is 0 Å². The largest absolute Gasteiger partial charge is 0.508 e. The first-order valence-corrected chi connectivity index (χ1v) is 11.3. The van der Waals surface area contributed by atoms with Crippen molar-refractivity contribution in [2.45, 2.75) is 77.4 Å². The third-order valence-corrected chi connectivity index (χ3v) is 8.67. The summed E-state index contributed by atoms with van der Waals surface area (Å²) in [5, 5.41) is 18.4. The minimum absolute atomic E-state index is 0.112. The van der Waals surface area contributed by atoms with E-state index >= 15 is 4.39 Å². The van der Waals surface area contributed by atoms with Gasteiger partial charge in [0.05, 0.1) is 0 Å². The molecule has 9 atom stereocenters. The topological polar surface area (TPSA) is 110 Å². The SMILES string of the molecule is CC(OC(=O)O[C@@H]1CC[C@H]2[C@@H]3C[C@H](F)C4=CC(=O)C=C[C@]4(C)[C@H]3CC[C@]12C)C(O)C(=O)O. The molecule has 4 aliphatic carbocycles. The number of halogens is 1. The van der Waals surface area contributed by atoms with Gasteiger partial charge >= 0.3 is 12.1 Å². The van der Waals surface area contributed by atoms with Crippen molar-refractivity contribution in [3.05, 3.63) is 23.8 Å². The van der Waals surface area contributed by atoms with Crippen LogP contribution in [-0.2, 0) is 19.1 Å². The zero-order valence-corrected chi connectivity index (χ0v) is 18.6. The van der Waals surface area contributed by atoms with Gasteiger partial charge < -0.3 is 19.7 Å². The second-order valence-electron chi connectivity index (χ2n) is 10.3. The fourth-order valence-corrected chi connectivity index (χ4v) is 6.91. The number of carbonyl (C=O) groups excluding carboxylic acids is 2. The van der Waals surface area contributed by atoms with Crippen LogP contribution in [0.15, 0.2) is 23.8 Å². The molecule has 4 rings (SSSR count). The number of aliphatic hydroxyl groups is 1. The molecule has 0 aliphatic heterocycles. The number of hydrogen-bond donors (Lipinski definition) is 2. The fraction of sp³-hybridized carbons (Fsp3) is 0.708. The molecule has 2 unspecified atom stereocenters. The van der Waals surface area contributed by atoms with Crippen molar-refractivity contribution in [3.8, 4) is 0 Å². The van der Waals surface area contributed by atoms with Gasteiger partial charge in [-0.1, -0.05) is 19.9 Å². The lowest BCUT2D eigenvalue weighted by Gasteiger charge is -2.57. The average Bonchev–Trinajstić information content (AvgIpc) is 3.05. The van der Waals surface area contributed by atoms with Crippen molar-refractivity contribution in [2.24, 2.45) is 28.6 Å². The zero-order valence-electron chi connectivity index (χ0n) is 18.6. The number of ether oxygens (including phenoxy) is 2. The third-order valence-electron chi connectivity index (χ3n) is 8.67. The number of aliphatic hydroxyl groups excluding tert-OH is 1. The van der Waals surface area contributed by atoms with Gasteiger partial charge in [-0.15, -0.1) is 0 Å². The lowest BCUT2D eigenvalue weighted by molar-refractivity contribution is -0.153. The maximum absolute atomic E-state index is 15.3. The van der Waals surface area contributed by atoms with Gasteiger partial charge in [0.2, 0.25) is 0 Å². The predicted octanol–water partition coefficient (Wildman–Crippen LogP) is 3.60. The number of rotatable bonds is 4. The van der Waals surface area contributed by atoms with Gasteiger partial charge in [0, 0.05) is 10.8 Å². The first-order valence-electron chi connectivity index (χ1n) is 11.3. The minimum Gasteiger partial charge on any atom is -0.479 e. The van der Waals surface area contributed by atoms with E-state index in [1.807, 2.05) is 13.0 Å². The highest BCUT2D eigenvalue weighted by atomic mass is 19.1. The Balaban J connectivity index is 1.49. The Kier molecular flexibility index (Phi) is 5.72. The molecule has 0 radical (unpaired) electrons. The Labute approximate surface area is 186 Å². The van der Waals surface area contributed by atoms with E-state index < -0.39 is 42.0 Å². The van der Waals surface area contributed by atoms with E-state index in [0.29, 0.717) is 18.4 Å². The van der Waals surface area contributed by atoms with E-state index in [-0.39, 0.29) is 29.0 Å². The molecule has 3 saturated carbocycles. The lowest BCUT2D eigenvalue weighted by Crippen LogP contribution is -2.53. The van der Waals surface area contributed by atoms with Crippen LogP contribution in [0.25, 0.3) is 0 Å². The first-order chi connectivity index (χ1) is 15.0. The van der Waals surface area contributed by atoms with E-state index in [4.69, 9.17) is 14.6 Å². The van der Waals surface area contributed by atoms with Gasteiger partial charge in [-0.05, 0) is 74.5 Å². The molecular formula is C24H31FO7. The van der Waals surface area contributed by atoms with Crippen LogP contribution >= 0.6 is 0 Å². The van der Waals surface area contributed by atoms with Gasteiger partial charge in [-0.2, -0.15) is 0 Å².